The van der Waals surface area contributed by atoms with Crippen LogP contribution in [0, 0.1) is 3.57 Å². The van der Waals surface area contributed by atoms with Crippen molar-refractivity contribution in [2.75, 3.05) is 0 Å². The number of halogens is 5. The molecule has 0 aliphatic carbocycles. The van der Waals surface area contributed by atoms with E-state index in [0.29, 0.717) is 11.1 Å². The molecule has 1 nitrogen and oxygen atoms in total. The summed E-state index contributed by atoms with van der Waals surface area (Å²) >= 11 is 5.36. The maximum absolute atomic E-state index is 12.5. The van der Waals surface area contributed by atoms with Crippen LogP contribution in [0.3, 0.4) is 0 Å². The summed E-state index contributed by atoms with van der Waals surface area (Å²) in [7, 11) is 0. The zero-order valence-electron chi connectivity index (χ0n) is 10.5. The Balaban J connectivity index is 2.18. The van der Waals surface area contributed by atoms with Crippen molar-refractivity contribution in [1.29, 1.82) is 0 Å². The Kier molecular flexibility index (Phi) is 5.08. The second-order valence-electron chi connectivity index (χ2n) is 4.42. The Bertz CT molecular complexity index is 666. The van der Waals surface area contributed by atoms with E-state index in [-0.39, 0.29) is 12.2 Å². The molecule has 0 bridgehead atoms. The molecule has 110 valence electrons. The van der Waals surface area contributed by atoms with E-state index < -0.39 is 11.7 Å². The van der Waals surface area contributed by atoms with Crippen molar-refractivity contribution in [3.8, 4) is 0 Å². The van der Waals surface area contributed by atoms with Gasteiger partial charge in [0.2, 0.25) is 0 Å². The minimum absolute atomic E-state index is 0.0740. The Labute approximate surface area is 141 Å². The Morgan fingerprint density at radius 1 is 1.10 bits per heavy atom. The van der Waals surface area contributed by atoms with E-state index in [2.05, 4.69) is 38.5 Å². The van der Waals surface area contributed by atoms with Gasteiger partial charge in [0.15, 0.2) is 5.78 Å². The molecule has 6 heteroatoms. The lowest BCUT2D eigenvalue weighted by Crippen LogP contribution is -2.07. The van der Waals surface area contributed by atoms with Gasteiger partial charge in [-0.05, 0) is 58.5 Å². The van der Waals surface area contributed by atoms with Crippen molar-refractivity contribution >= 4 is 44.3 Å². The first kappa shape index (κ1) is 16.5. The minimum atomic E-state index is -4.36. The Morgan fingerprint density at radius 2 is 1.71 bits per heavy atom. The number of alkyl halides is 3. The zero-order valence-corrected chi connectivity index (χ0v) is 14.3. The fourth-order valence-corrected chi connectivity index (χ4v) is 2.80. The number of carbonyl (C=O) groups is 1. The van der Waals surface area contributed by atoms with Crippen molar-refractivity contribution in [3.63, 3.8) is 0 Å². The molecule has 0 aromatic heterocycles. The van der Waals surface area contributed by atoms with Gasteiger partial charge in [-0.25, -0.2) is 0 Å². The third-order valence-corrected chi connectivity index (χ3v) is 4.31. The molecule has 0 atom stereocenters. The predicted molar refractivity (Wildman–Crippen MR) is 86.3 cm³/mol. The summed E-state index contributed by atoms with van der Waals surface area (Å²) in [5.41, 5.74) is 0.407. The predicted octanol–water partition coefficient (Wildman–Crippen LogP) is 5.50. The van der Waals surface area contributed by atoms with Gasteiger partial charge in [-0.1, -0.05) is 28.1 Å². The molecule has 0 heterocycles. The maximum Gasteiger partial charge on any atom is 0.416 e. The lowest BCUT2D eigenvalue weighted by Gasteiger charge is -2.08. The van der Waals surface area contributed by atoms with Gasteiger partial charge in [0.05, 0.1) is 5.56 Å². The van der Waals surface area contributed by atoms with Crippen LogP contribution < -0.4 is 0 Å². The molecule has 0 saturated carbocycles. The van der Waals surface area contributed by atoms with E-state index in [4.69, 9.17) is 0 Å². The van der Waals surface area contributed by atoms with Crippen molar-refractivity contribution < 1.29 is 18.0 Å². The molecule has 0 aliphatic rings. The Hall–Kier alpha value is -0.890. The fourth-order valence-electron chi connectivity index (χ4n) is 1.80. The van der Waals surface area contributed by atoms with E-state index in [1.807, 2.05) is 12.1 Å². The molecule has 21 heavy (non-hydrogen) atoms. The number of Topliss-reactive ketones (excluding diaryl/α,β-unsaturated/α-hetero) is 1. The third kappa shape index (κ3) is 4.29. The van der Waals surface area contributed by atoms with Gasteiger partial charge in [0.25, 0.3) is 0 Å². The van der Waals surface area contributed by atoms with Crippen LogP contribution in [0.25, 0.3) is 0 Å². The van der Waals surface area contributed by atoms with Crippen LogP contribution in [0.2, 0.25) is 0 Å². The van der Waals surface area contributed by atoms with Gasteiger partial charge < -0.3 is 0 Å². The fraction of sp³-hybridized carbons (Fsp3) is 0.133. The lowest BCUT2D eigenvalue weighted by atomic mass is 10.0. The highest BCUT2D eigenvalue weighted by Gasteiger charge is 2.30. The minimum Gasteiger partial charge on any atom is -0.294 e. The second kappa shape index (κ2) is 6.48. The molecule has 0 spiro atoms. The van der Waals surface area contributed by atoms with Crippen LogP contribution >= 0.6 is 38.5 Å². The van der Waals surface area contributed by atoms with Crippen LogP contribution in [0.15, 0.2) is 46.9 Å². The number of ketones is 1. The Morgan fingerprint density at radius 3 is 2.29 bits per heavy atom. The van der Waals surface area contributed by atoms with Crippen molar-refractivity contribution in [3.05, 3.63) is 67.2 Å². The average Bonchev–Trinajstić information content (AvgIpc) is 2.41. The molecule has 0 radical (unpaired) electrons. The molecule has 0 N–H and O–H groups in total. The van der Waals surface area contributed by atoms with Gasteiger partial charge in [-0.2, -0.15) is 13.2 Å². The molecule has 0 amide bonds. The summed E-state index contributed by atoms with van der Waals surface area (Å²) in [5, 5.41) is 0. The van der Waals surface area contributed by atoms with E-state index in [0.717, 1.165) is 20.2 Å². The SMILES string of the molecule is O=C(Cc1ccc(C(F)(F)F)cc1)c1cc(Br)ccc1I. The van der Waals surface area contributed by atoms with Crippen LogP contribution in [0.1, 0.15) is 21.5 Å². The van der Waals surface area contributed by atoms with Crippen LogP contribution in [-0.4, -0.2) is 5.78 Å². The topological polar surface area (TPSA) is 17.1 Å². The smallest absolute Gasteiger partial charge is 0.294 e. The standard InChI is InChI=1S/C15H9BrF3IO/c16-11-5-6-13(20)12(8-11)14(21)7-9-1-3-10(4-2-9)15(17,18)19/h1-6,8H,7H2. The normalized spacial score (nSPS) is 11.5. The third-order valence-electron chi connectivity index (χ3n) is 2.87. The molecule has 2 rings (SSSR count). The van der Waals surface area contributed by atoms with Crippen molar-refractivity contribution in [2.24, 2.45) is 0 Å². The largest absolute Gasteiger partial charge is 0.416 e. The molecule has 2 aromatic carbocycles. The van der Waals surface area contributed by atoms with E-state index >= 15 is 0 Å². The quantitative estimate of drug-likeness (QED) is 0.429. The first-order valence-corrected chi connectivity index (χ1v) is 7.79. The summed E-state index contributed by atoms with van der Waals surface area (Å²) in [6.07, 6.45) is -4.28. The zero-order chi connectivity index (χ0) is 15.6. The molecule has 0 aliphatic heterocycles. The molecular formula is C15H9BrF3IO. The van der Waals surface area contributed by atoms with Gasteiger partial charge >= 0.3 is 6.18 Å². The summed E-state index contributed by atoms with van der Waals surface area (Å²) in [6, 6.07) is 10.0. The highest BCUT2D eigenvalue weighted by molar-refractivity contribution is 14.1. The summed E-state index contributed by atoms with van der Waals surface area (Å²) < 4.78 is 39.0. The molecule has 0 fully saturated rings. The number of hydrogen-bond acceptors (Lipinski definition) is 1. The number of carbonyl (C=O) groups excluding carboxylic acids is 1. The maximum atomic E-state index is 12.5. The summed E-state index contributed by atoms with van der Waals surface area (Å²) in [6.45, 7) is 0. The second-order valence-corrected chi connectivity index (χ2v) is 6.50. The van der Waals surface area contributed by atoms with Gasteiger partial charge in [0, 0.05) is 20.0 Å². The van der Waals surface area contributed by atoms with Crippen LogP contribution in [0.4, 0.5) is 13.2 Å². The highest BCUT2D eigenvalue weighted by Crippen LogP contribution is 2.29. The van der Waals surface area contributed by atoms with Gasteiger partial charge in [0.1, 0.15) is 0 Å². The van der Waals surface area contributed by atoms with Gasteiger partial charge in [-0.15, -0.1) is 0 Å². The summed E-state index contributed by atoms with van der Waals surface area (Å²) in [4.78, 5) is 12.2. The number of hydrogen-bond donors (Lipinski definition) is 0. The van der Waals surface area contributed by atoms with E-state index in [1.54, 1.807) is 6.07 Å². The summed E-state index contributed by atoms with van der Waals surface area (Å²) in [5.74, 6) is -0.125. The van der Waals surface area contributed by atoms with Crippen molar-refractivity contribution in [2.45, 2.75) is 12.6 Å². The van der Waals surface area contributed by atoms with E-state index in [9.17, 15) is 18.0 Å². The molecule has 2 aromatic rings. The van der Waals surface area contributed by atoms with Crippen molar-refractivity contribution in [1.82, 2.24) is 0 Å². The highest BCUT2D eigenvalue weighted by atomic mass is 127. The average molecular weight is 469 g/mol. The molecular weight excluding hydrogens is 460 g/mol. The number of benzene rings is 2. The molecule has 0 unspecified atom stereocenters. The van der Waals surface area contributed by atoms with Crippen LogP contribution in [-0.2, 0) is 12.6 Å². The first-order chi connectivity index (χ1) is 9.77. The monoisotopic (exact) mass is 468 g/mol. The van der Waals surface area contributed by atoms with E-state index in [1.165, 1.54) is 12.1 Å². The lowest BCUT2D eigenvalue weighted by molar-refractivity contribution is -0.137. The molecule has 0 saturated heterocycles. The number of rotatable bonds is 3. The van der Waals surface area contributed by atoms with Crippen LogP contribution in [0.5, 0.6) is 0 Å². The first-order valence-electron chi connectivity index (χ1n) is 5.92. The van der Waals surface area contributed by atoms with Gasteiger partial charge in [-0.3, -0.25) is 4.79 Å².